The van der Waals surface area contributed by atoms with Gasteiger partial charge in [0.2, 0.25) is 11.8 Å². The fourth-order valence-electron chi connectivity index (χ4n) is 1.82. The summed E-state index contributed by atoms with van der Waals surface area (Å²) in [4.78, 5) is 34.9. The van der Waals surface area contributed by atoms with Crippen LogP contribution in [0.3, 0.4) is 0 Å². The SMILES string of the molecule is CC(CN1CCCC1=O)NC(=O)CSCC(=O)O. The molecule has 0 aliphatic carbocycles. The maximum absolute atomic E-state index is 11.5. The van der Waals surface area contributed by atoms with Crippen molar-refractivity contribution < 1.29 is 19.5 Å². The number of aliphatic carboxylic acids is 1. The van der Waals surface area contributed by atoms with Crippen LogP contribution < -0.4 is 5.32 Å². The number of thioether (sulfide) groups is 1. The molecule has 1 aliphatic heterocycles. The summed E-state index contributed by atoms with van der Waals surface area (Å²) >= 11 is 1.06. The van der Waals surface area contributed by atoms with E-state index < -0.39 is 5.97 Å². The fourth-order valence-corrected chi connectivity index (χ4v) is 2.37. The molecular formula is C11H18N2O4S. The summed E-state index contributed by atoms with van der Waals surface area (Å²) in [5.41, 5.74) is 0. The van der Waals surface area contributed by atoms with Crippen LogP contribution in [0.25, 0.3) is 0 Å². The van der Waals surface area contributed by atoms with Crippen molar-refractivity contribution in [3.05, 3.63) is 0 Å². The second kappa shape index (κ2) is 7.25. The van der Waals surface area contributed by atoms with Crippen LogP contribution in [0.4, 0.5) is 0 Å². The van der Waals surface area contributed by atoms with Gasteiger partial charge in [-0.25, -0.2) is 0 Å². The molecule has 2 N–H and O–H groups in total. The van der Waals surface area contributed by atoms with Gasteiger partial charge in [0.15, 0.2) is 0 Å². The van der Waals surface area contributed by atoms with Crippen molar-refractivity contribution in [1.29, 1.82) is 0 Å². The van der Waals surface area contributed by atoms with Crippen molar-refractivity contribution in [2.45, 2.75) is 25.8 Å². The van der Waals surface area contributed by atoms with Crippen molar-refractivity contribution >= 4 is 29.5 Å². The quantitative estimate of drug-likeness (QED) is 0.678. The lowest BCUT2D eigenvalue weighted by Gasteiger charge is -2.21. The highest BCUT2D eigenvalue weighted by Gasteiger charge is 2.22. The molecule has 6 nitrogen and oxygen atoms in total. The largest absolute Gasteiger partial charge is 0.481 e. The first-order valence-corrected chi connectivity index (χ1v) is 7.01. The molecule has 0 spiro atoms. The lowest BCUT2D eigenvalue weighted by Crippen LogP contribution is -2.43. The summed E-state index contributed by atoms with van der Waals surface area (Å²) in [5.74, 6) is -0.933. The molecule has 0 bridgehead atoms. The molecule has 102 valence electrons. The van der Waals surface area contributed by atoms with Crippen molar-refractivity contribution in [2.24, 2.45) is 0 Å². The minimum atomic E-state index is -0.927. The second-order valence-electron chi connectivity index (χ2n) is 4.30. The highest BCUT2D eigenvalue weighted by atomic mass is 32.2. The Hall–Kier alpha value is -1.24. The summed E-state index contributed by atoms with van der Waals surface area (Å²) in [7, 11) is 0. The Labute approximate surface area is 110 Å². The Bertz CT molecular complexity index is 335. The van der Waals surface area contributed by atoms with Gasteiger partial charge >= 0.3 is 5.97 Å². The maximum atomic E-state index is 11.5. The third-order valence-electron chi connectivity index (χ3n) is 2.53. The molecule has 1 saturated heterocycles. The molecular weight excluding hydrogens is 256 g/mol. The Kier molecular flexibility index (Phi) is 5.97. The van der Waals surface area contributed by atoms with E-state index >= 15 is 0 Å². The smallest absolute Gasteiger partial charge is 0.313 e. The third-order valence-corrected chi connectivity index (χ3v) is 3.45. The number of rotatable bonds is 7. The average molecular weight is 274 g/mol. The number of hydrogen-bond donors (Lipinski definition) is 2. The molecule has 18 heavy (non-hydrogen) atoms. The van der Waals surface area contributed by atoms with Crippen LogP contribution in [0.15, 0.2) is 0 Å². The Morgan fingerprint density at radius 2 is 2.22 bits per heavy atom. The Morgan fingerprint density at radius 3 is 2.78 bits per heavy atom. The summed E-state index contributed by atoms with van der Waals surface area (Å²) in [6.07, 6.45) is 1.48. The Morgan fingerprint density at radius 1 is 1.50 bits per heavy atom. The zero-order chi connectivity index (χ0) is 13.5. The molecule has 0 aromatic heterocycles. The van der Waals surface area contributed by atoms with E-state index in [0.29, 0.717) is 13.0 Å². The molecule has 0 aromatic carbocycles. The molecule has 0 radical (unpaired) electrons. The molecule has 0 saturated carbocycles. The standard InChI is InChI=1S/C11H18N2O4S/c1-8(5-13-4-2-3-10(13)15)12-9(14)6-18-7-11(16)17/h8H,2-7H2,1H3,(H,12,14)(H,16,17). The molecule has 7 heteroatoms. The van der Waals surface area contributed by atoms with Crippen LogP contribution in [-0.4, -0.2) is 58.4 Å². The van der Waals surface area contributed by atoms with E-state index in [4.69, 9.17) is 5.11 Å². The maximum Gasteiger partial charge on any atom is 0.313 e. The predicted octanol–water partition coefficient (Wildman–Crippen LogP) is -0.0687. The number of nitrogens with one attached hydrogen (secondary N) is 1. The number of nitrogens with zero attached hydrogens (tertiary/aromatic N) is 1. The lowest BCUT2D eigenvalue weighted by atomic mass is 10.3. The lowest BCUT2D eigenvalue weighted by molar-refractivity contribution is -0.134. The van der Waals surface area contributed by atoms with E-state index in [-0.39, 0.29) is 29.4 Å². The number of amides is 2. The highest BCUT2D eigenvalue weighted by molar-refractivity contribution is 8.00. The second-order valence-corrected chi connectivity index (χ2v) is 5.28. The number of carboxylic acid groups (broad SMARTS) is 1. The first-order valence-electron chi connectivity index (χ1n) is 5.85. The van der Waals surface area contributed by atoms with Crippen LogP contribution in [0.1, 0.15) is 19.8 Å². The number of carbonyl (C=O) groups is 3. The summed E-state index contributed by atoms with van der Waals surface area (Å²) < 4.78 is 0. The van der Waals surface area contributed by atoms with Gasteiger partial charge in [0.05, 0.1) is 11.5 Å². The van der Waals surface area contributed by atoms with Crippen LogP contribution in [0.2, 0.25) is 0 Å². The van der Waals surface area contributed by atoms with E-state index in [1.54, 1.807) is 4.90 Å². The molecule has 2 amide bonds. The predicted molar refractivity (Wildman–Crippen MR) is 68.4 cm³/mol. The van der Waals surface area contributed by atoms with E-state index in [2.05, 4.69) is 5.32 Å². The highest BCUT2D eigenvalue weighted by Crippen LogP contribution is 2.09. The first-order chi connectivity index (χ1) is 8.49. The number of carboxylic acids is 1. The van der Waals surface area contributed by atoms with Crippen molar-refractivity contribution in [3.8, 4) is 0 Å². The zero-order valence-corrected chi connectivity index (χ0v) is 11.2. The van der Waals surface area contributed by atoms with E-state index in [1.807, 2.05) is 6.92 Å². The van der Waals surface area contributed by atoms with Crippen molar-refractivity contribution in [1.82, 2.24) is 10.2 Å². The summed E-state index contributed by atoms with van der Waals surface area (Å²) in [6.45, 7) is 3.12. The van der Waals surface area contributed by atoms with Gasteiger partial charge in [-0.05, 0) is 13.3 Å². The van der Waals surface area contributed by atoms with Gasteiger partial charge in [-0.15, -0.1) is 11.8 Å². The molecule has 1 fully saturated rings. The van der Waals surface area contributed by atoms with E-state index in [9.17, 15) is 14.4 Å². The van der Waals surface area contributed by atoms with Gasteiger partial charge < -0.3 is 15.3 Å². The van der Waals surface area contributed by atoms with Gasteiger partial charge in [0, 0.05) is 25.6 Å². The topological polar surface area (TPSA) is 86.7 Å². The van der Waals surface area contributed by atoms with Gasteiger partial charge in [0.25, 0.3) is 0 Å². The van der Waals surface area contributed by atoms with Crippen LogP contribution in [0.5, 0.6) is 0 Å². The Balaban J connectivity index is 2.18. The van der Waals surface area contributed by atoms with Crippen molar-refractivity contribution in [3.63, 3.8) is 0 Å². The summed E-state index contributed by atoms with van der Waals surface area (Å²) in [5, 5.41) is 11.2. The van der Waals surface area contributed by atoms with E-state index in [0.717, 1.165) is 24.7 Å². The normalized spacial score (nSPS) is 16.7. The first kappa shape index (κ1) is 14.8. The van der Waals surface area contributed by atoms with Crippen molar-refractivity contribution in [2.75, 3.05) is 24.6 Å². The molecule has 1 unspecified atom stereocenters. The van der Waals surface area contributed by atoms with Gasteiger partial charge in [-0.1, -0.05) is 0 Å². The van der Waals surface area contributed by atoms with Crippen LogP contribution in [0, 0.1) is 0 Å². The van der Waals surface area contributed by atoms with Gasteiger partial charge in [-0.2, -0.15) is 0 Å². The zero-order valence-electron chi connectivity index (χ0n) is 10.3. The minimum absolute atomic E-state index is 0.0770. The molecule has 1 aliphatic rings. The van der Waals surface area contributed by atoms with Crippen LogP contribution >= 0.6 is 11.8 Å². The van der Waals surface area contributed by atoms with Gasteiger partial charge in [-0.3, -0.25) is 14.4 Å². The van der Waals surface area contributed by atoms with Gasteiger partial charge in [0.1, 0.15) is 0 Å². The van der Waals surface area contributed by atoms with Crippen LogP contribution in [-0.2, 0) is 14.4 Å². The van der Waals surface area contributed by atoms with E-state index in [1.165, 1.54) is 0 Å². The third kappa shape index (κ3) is 5.39. The monoisotopic (exact) mass is 274 g/mol. The molecule has 1 atom stereocenters. The fraction of sp³-hybridized carbons (Fsp3) is 0.727. The summed E-state index contributed by atoms with van der Waals surface area (Å²) in [6, 6.07) is -0.107. The molecule has 0 aromatic rings. The molecule has 1 rings (SSSR count). The number of carbonyl (C=O) groups excluding carboxylic acids is 2. The minimum Gasteiger partial charge on any atom is -0.481 e. The number of hydrogen-bond acceptors (Lipinski definition) is 4. The molecule has 1 heterocycles. The average Bonchev–Trinajstić information content (AvgIpc) is 2.63. The number of likely N-dealkylation sites (tertiary alicyclic amines) is 1.